The van der Waals surface area contributed by atoms with E-state index < -0.39 is 5.97 Å². The minimum atomic E-state index is -0.709. The molecule has 1 atom stereocenters. The summed E-state index contributed by atoms with van der Waals surface area (Å²) >= 11 is 0. The number of aromatic nitrogens is 1. The molecule has 0 spiro atoms. The second-order valence-electron chi connectivity index (χ2n) is 4.69. The van der Waals surface area contributed by atoms with Gasteiger partial charge in [-0.1, -0.05) is 6.07 Å². The summed E-state index contributed by atoms with van der Waals surface area (Å²) in [7, 11) is 0. The molecule has 17 heavy (non-hydrogen) atoms. The van der Waals surface area contributed by atoms with Crippen molar-refractivity contribution in [3.63, 3.8) is 0 Å². The number of hydrogen-bond donors (Lipinski definition) is 1. The average Bonchev–Trinajstić information content (AvgIpc) is 2.68. The molecule has 1 fully saturated rings. The first kappa shape index (κ1) is 12.0. The molecule has 1 aliphatic heterocycles. The number of carbonyl (C=O) groups is 1. The monoisotopic (exact) mass is 234 g/mol. The summed E-state index contributed by atoms with van der Waals surface area (Å²) in [6.07, 6.45) is 4.17. The molecule has 1 saturated heterocycles. The van der Waals surface area contributed by atoms with Gasteiger partial charge in [0.15, 0.2) is 0 Å². The van der Waals surface area contributed by atoms with Crippen LogP contribution in [0.5, 0.6) is 0 Å². The fraction of sp³-hybridized carbons (Fsp3) is 0.538. The van der Waals surface area contributed by atoms with Crippen molar-refractivity contribution >= 4 is 5.97 Å². The molecule has 1 N–H and O–H groups in total. The highest BCUT2D eigenvalue weighted by Crippen LogP contribution is 2.21. The van der Waals surface area contributed by atoms with Crippen LogP contribution in [-0.2, 0) is 11.3 Å². The molecule has 0 bridgehead atoms. The van der Waals surface area contributed by atoms with E-state index in [1.807, 2.05) is 25.3 Å². The van der Waals surface area contributed by atoms with Crippen LogP contribution < -0.4 is 0 Å². The van der Waals surface area contributed by atoms with E-state index in [0.717, 1.165) is 37.2 Å². The molecule has 0 aromatic carbocycles. The van der Waals surface area contributed by atoms with Crippen molar-refractivity contribution in [2.45, 2.75) is 38.8 Å². The molecular weight excluding hydrogens is 216 g/mol. The molecule has 0 saturated carbocycles. The number of nitrogens with zero attached hydrogens (tertiary/aromatic N) is 2. The maximum absolute atomic E-state index is 10.8. The van der Waals surface area contributed by atoms with E-state index >= 15 is 0 Å². The molecule has 0 radical (unpaired) electrons. The lowest BCUT2D eigenvalue weighted by molar-refractivity contribution is -0.138. The quantitative estimate of drug-likeness (QED) is 0.863. The lowest BCUT2D eigenvalue weighted by Gasteiger charge is -2.22. The number of likely N-dealkylation sites (tertiary alicyclic amines) is 1. The van der Waals surface area contributed by atoms with Crippen LogP contribution in [0.1, 0.15) is 30.5 Å². The summed E-state index contributed by atoms with van der Waals surface area (Å²) in [5.41, 5.74) is 2.17. The Hall–Kier alpha value is -1.42. The van der Waals surface area contributed by atoms with Crippen molar-refractivity contribution in [3.05, 3.63) is 29.6 Å². The first-order valence-corrected chi connectivity index (χ1v) is 6.02. The summed E-state index contributed by atoms with van der Waals surface area (Å²) in [4.78, 5) is 17.3. The molecule has 4 heteroatoms. The van der Waals surface area contributed by atoms with Crippen molar-refractivity contribution in [2.24, 2.45) is 0 Å². The predicted octanol–water partition coefficient (Wildman–Crippen LogP) is 1.83. The highest BCUT2D eigenvalue weighted by molar-refractivity contribution is 5.67. The van der Waals surface area contributed by atoms with E-state index in [4.69, 9.17) is 5.11 Å². The number of hydrogen-bond acceptors (Lipinski definition) is 3. The van der Waals surface area contributed by atoms with Crippen LogP contribution in [0.2, 0.25) is 0 Å². The Labute approximate surface area is 101 Å². The second kappa shape index (κ2) is 5.27. The first-order chi connectivity index (χ1) is 8.15. The Morgan fingerprint density at radius 2 is 2.41 bits per heavy atom. The van der Waals surface area contributed by atoms with Gasteiger partial charge in [-0.25, -0.2) is 0 Å². The van der Waals surface area contributed by atoms with Crippen LogP contribution in [0.25, 0.3) is 0 Å². The summed E-state index contributed by atoms with van der Waals surface area (Å²) < 4.78 is 0. The van der Waals surface area contributed by atoms with Crippen molar-refractivity contribution < 1.29 is 9.90 Å². The van der Waals surface area contributed by atoms with E-state index in [1.54, 1.807) is 0 Å². The van der Waals surface area contributed by atoms with Gasteiger partial charge in [0.1, 0.15) is 0 Å². The van der Waals surface area contributed by atoms with Gasteiger partial charge in [-0.05, 0) is 37.9 Å². The molecule has 2 heterocycles. The fourth-order valence-electron chi connectivity index (χ4n) is 2.34. The van der Waals surface area contributed by atoms with Gasteiger partial charge in [0.05, 0.1) is 12.1 Å². The van der Waals surface area contributed by atoms with E-state index in [1.165, 1.54) is 0 Å². The van der Waals surface area contributed by atoms with Crippen molar-refractivity contribution in [1.29, 1.82) is 0 Å². The SMILES string of the molecule is Cc1ccc(CN2CCCC2CC(=O)O)nc1. The molecule has 0 aliphatic carbocycles. The summed E-state index contributed by atoms with van der Waals surface area (Å²) in [5.74, 6) is -0.709. The normalized spacial score (nSPS) is 20.6. The third-order valence-electron chi connectivity index (χ3n) is 3.25. The first-order valence-electron chi connectivity index (χ1n) is 6.02. The van der Waals surface area contributed by atoms with Gasteiger partial charge in [0.25, 0.3) is 0 Å². The van der Waals surface area contributed by atoms with Crippen molar-refractivity contribution in [3.8, 4) is 0 Å². The molecule has 4 nitrogen and oxygen atoms in total. The Bertz CT molecular complexity index is 389. The van der Waals surface area contributed by atoms with E-state index in [9.17, 15) is 4.79 Å². The van der Waals surface area contributed by atoms with Gasteiger partial charge < -0.3 is 5.11 Å². The maximum atomic E-state index is 10.8. The summed E-state index contributed by atoms with van der Waals surface area (Å²) in [5, 5.41) is 8.85. The van der Waals surface area contributed by atoms with Crippen LogP contribution in [0, 0.1) is 6.92 Å². The fourth-order valence-corrected chi connectivity index (χ4v) is 2.34. The zero-order chi connectivity index (χ0) is 12.3. The number of aryl methyl sites for hydroxylation is 1. The number of aliphatic carboxylic acids is 1. The van der Waals surface area contributed by atoms with Crippen molar-refractivity contribution in [2.75, 3.05) is 6.54 Å². The van der Waals surface area contributed by atoms with Crippen LogP contribution >= 0.6 is 0 Å². The third kappa shape index (κ3) is 3.27. The zero-order valence-electron chi connectivity index (χ0n) is 10.1. The van der Waals surface area contributed by atoms with Gasteiger partial charge in [-0.15, -0.1) is 0 Å². The van der Waals surface area contributed by atoms with E-state index in [0.29, 0.717) is 0 Å². The molecule has 92 valence electrons. The Morgan fingerprint density at radius 1 is 1.59 bits per heavy atom. The predicted molar refractivity (Wildman–Crippen MR) is 64.7 cm³/mol. The summed E-state index contributed by atoms with van der Waals surface area (Å²) in [6, 6.07) is 4.24. The molecule has 0 amide bonds. The van der Waals surface area contributed by atoms with Gasteiger partial charge in [-0.2, -0.15) is 0 Å². The van der Waals surface area contributed by atoms with Crippen LogP contribution in [0.15, 0.2) is 18.3 Å². The van der Waals surface area contributed by atoms with Gasteiger partial charge in [0.2, 0.25) is 0 Å². The Balaban J connectivity index is 1.97. The number of carboxylic acids is 1. The third-order valence-corrected chi connectivity index (χ3v) is 3.25. The van der Waals surface area contributed by atoms with Crippen LogP contribution in [0.4, 0.5) is 0 Å². The lowest BCUT2D eigenvalue weighted by Crippen LogP contribution is -2.31. The minimum Gasteiger partial charge on any atom is -0.481 e. The zero-order valence-corrected chi connectivity index (χ0v) is 10.1. The Morgan fingerprint density at radius 3 is 3.06 bits per heavy atom. The standard InChI is InChI=1S/C13H18N2O2/c1-10-4-5-11(14-8-10)9-15-6-2-3-12(15)7-13(16)17/h4-5,8,12H,2-3,6-7,9H2,1H3,(H,16,17). The highest BCUT2D eigenvalue weighted by atomic mass is 16.4. The van der Waals surface area contributed by atoms with E-state index in [2.05, 4.69) is 9.88 Å². The largest absolute Gasteiger partial charge is 0.481 e. The topological polar surface area (TPSA) is 53.4 Å². The highest BCUT2D eigenvalue weighted by Gasteiger charge is 2.26. The lowest BCUT2D eigenvalue weighted by atomic mass is 10.1. The van der Waals surface area contributed by atoms with Gasteiger partial charge in [-0.3, -0.25) is 14.7 Å². The molecule has 1 aromatic rings. The van der Waals surface area contributed by atoms with Crippen LogP contribution in [0.3, 0.4) is 0 Å². The maximum Gasteiger partial charge on any atom is 0.304 e. The summed E-state index contributed by atoms with van der Waals surface area (Å²) in [6.45, 7) is 3.76. The van der Waals surface area contributed by atoms with Gasteiger partial charge >= 0.3 is 5.97 Å². The molecular formula is C13H18N2O2. The van der Waals surface area contributed by atoms with Gasteiger partial charge in [0, 0.05) is 18.8 Å². The molecule has 1 unspecified atom stereocenters. The second-order valence-corrected chi connectivity index (χ2v) is 4.69. The molecule has 1 aliphatic rings. The van der Waals surface area contributed by atoms with E-state index in [-0.39, 0.29) is 12.5 Å². The number of pyridine rings is 1. The van der Waals surface area contributed by atoms with Crippen LogP contribution in [-0.4, -0.2) is 33.5 Å². The number of carboxylic acid groups (broad SMARTS) is 1. The molecule has 2 rings (SSSR count). The molecule has 1 aromatic heterocycles. The average molecular weight is 234 g/mol. The minimum absolute atomic E-state index is 0.176. The van der Waals surface area contributed by atoms with Crippen molar-refractivity contribution in [1.82, 2.24) is 9.88 Å². The Kier molecular flexibility index (Phi) is 3.74. The smallest absolute Gasteiger partial charge is 0.304 e. The number of rotatable bonds is 4.